The van der Waals surface area contributed by atoms with Gasteiger partial charge in [0.2, 0.25) is 0 Å². The summed E-state index contributed by atoms with van der Waals surface area (Å²) in [5.41, 5.74) is 24.4. The summed E-state index contributed by atoms with van der Waals surface area (Å²) in [5, 5.41) is 3.40. The Morgan fingerprint density at radius 3 is 2.21 bits per heavy atom. The molecule has 0 radical (unpaired) electrons. The highest BCUT2D eigenvalue weighted by Gasteiger charge is 2.03. The van der Waals surface area contributed by atoms with E-state index in [4.69, 9.17) is 17.2 Å². The van der Waals surface area contributed by atoms with Gasteiger partial charge in [-0.05, 0) is 65.6 Å². The Labute approximate surface area is 142 Å². The fraction of sp³-hybridized carbons (Fsp3) is 0.100. The number of hydrogen-bond acceptors (Lipinski definition) is 4. The van der Waals surface area contributed by atoms with Crippen molar-refractivity contribution in [3.8, 4) is 0 Å². The number of hydrogen-bond donors (Lipinski definition) is 4. The molecule has 3 aromatic rings. The van der Waals surface area contributed by atoms with E-state index in [0.717, 1.165) is 41.3 Å². The Hall–Kier alpha value is -3.14. The van der Waals surface area contributed by atoms with Gasteiger partial charge in [0.1, 0.15) is 0 Å². The number of nitrogens with two attached hydrogens (primary N) is 3. The normalized spacial score (nSPS) is 10.5. The molecule has 0 fully saturated rings. The number of benzene rings is 3. The molecule has 7 N–H and O–H groups in total. The molecular formula is C20H22N4. The molecule has 0 atom stereocenters. The molecule has 122 valence electrons. The van der Waals surface area contributed by atoms with E-state index in [1.807, 2.05) is 42.5 Å². The molecule has 0 aliphatic carbocycles. The Morgan fingerprint density at radius 1 is 0.708 bits per heavy atom. The van der Waals surface area contributed by atoms with E-state index in [9.17, 15) is 0 Å². The highest BCUT2D eigenvalue weighted by atomic mass is 14.9. The zero-order valence-electron chi connectivity index (χ0n) is 13.5. The molecule has 0 saturated heterocycles. The second kappa shape index (κ2) is 6.96. The SMILES string of the molecule is Nc1ccc(NCc2cccc(Cc3cc(N)ccc3N)c2)cc1. The molecule has 4 nitrogen and oxygen atoms in total. The van der Waals surface area contributed by atoms with Crippen molar-refractivity contribution >= 4 is 22.7 Å². The molecule has 0 aliphatic heterocycles. The van der Waals surface area contributed by atoms with Crippen LogP contribution in [0, 0.1) is 0 Å². The Bertz CT molecular complexity index is 825. The van der Waals surface area contributed by atoms with E-state index in [2.05, 4.69) is 29.6 Å². The van der Waals surface area contributed by atoms with Crippen LogP contribution in [0.2, 0.25) is 0 Å². The van der Waals surface area contributed by atoms with Crippen molar-refractivity contribution in [2.45, 2.75) is 13.0 Å². The van der Waals surface area contributed by atoms with Gasteiger partial charge in [-0.3, -0.25) is 0 Å². The van der Waals surface area contributed by atoms with Crippen LogP contribution >= 0.6 is 0 Å². The van der Waals surface area contributed by atoms with Gasteiger partial charge in [0.15, 0.2) is 0 Å². The van der Waals surface area contributed by atoms with Crippen LogP contribution in [-0.2, 0) is 13.0 Å². The van der Waals surface area contributed by atoms with Gasteiger partial charge in [-0.2, -0.15) is 0 Å². The highest BCUT2D eigenvalue weighted by molar-refractivity contribution is 5.56. The maximum Gasteiger partial charge on any atom is 0.0400 e. The van der Waals surface area contributed by atoms with Gasteiger partial charge in [0.25, 0.3) is 0 Å². The van der Waals surface area contributed by atoms with Crippen LogP contribution in [0.5, 0.6) is 0 Å². The minimum absolute atomic E-state index is 0.736. The summed E-state index contributed by atoms with van der Waals surface area (Å²) in [6.45, 7) is 0.754. The lowest BCUT2D eigenvalue weighted by molar-refractivity contribution is 1.12. The third-order valence-electron chi connectivity index (χ3n) is 3.96. The summed E-state index contributed by atoms with van der Waals surface area (Å²) in [5.74, 6) is 0. The molecule has 0 aromatic heterocycles. The van der Waals surface area contributed by atoms with Gasteiger partial charge in [-0.15, -0.1) is 0 Å². The van der Waals surface area contributed by atoms with Gasteiger partial charge in [-0.1, -0.05) is 24.3 Å². The molecule has 0 saturated carbocycles. The van der Waals surface area contributed by atoms with Gasteiger partial charge >= 0.3 is 0 Å². The second-order valence-corrected chi connectivity index (χ2v) is 5.93. The average molecular weight is 318 g/mol. The maximum atomic E-state index is 6.04. The third kappa shape index (κ3) is 3.98. The molecule has 3 rings (SSSR count). The van der Waals surface area contributed by atoms with Gasteiger partial charge in [0, 0.05) is 29.3 Å². The van der Waals surface area contributed by atoms with Gasteiger partial charge < -0.3 is 22.5 Å². The monoisotopic (exact) mass is 318 g/mol. The Balaban J connectivity index is 1.69. The summed E-state index contributed by atoms with van der Waals surface area (Å²) < 4.78 is 0. The van der Waals surface area contributed by atoms with Crippen molar-refractivity contribution in [1.82, 2.24) is 0 Å². The smallest absolute Gasteiger partial charge is 0.0400 e. The van der Waals surface area contributed by atoms with Crippen molar-refractivity contribution in [3.63, 3.8) is 0 Å². The van der Waals surface area contributed by atoms with Gasteiger partial charge in [-0.25, -0.2) is 0 Å². The molecule has 3 aromatic carbocycles. The average Bonchev–Trinajstić information content (AvgIpc) is 2.58. The zero-order valence-corrected chi connectivity index (χ0v) is 13.5. The largest absolute Gasteiger partial charge is 0.399 e. The topological polar surface area (TPSA) is 90.1 Å². The van der Waals surface area contributed by atoms with E-state index in [1.54, 1.807) is 0 Å². The van der Waals surface area contributed by atoms with Crippen molar-refractivity contribution in [3.05, 3.63) is 83.4 Å². The molecular weight excluding hydrogens is 296 g/mol. The Kier molecular flexibility index (Phi) is 4.57. The third-order valence-corrected chi connectivity index (χ3v) is 3.96. The number of nitrogens with one attached hydrogen (secondary N) is 1. The summed E-state index contributed by atoms with van der Waals surface area (Å²) in [6.07, 6.45) is 0.770. The Morgan fingerprint density at radius 2 is 1.42 bits per heavy atom. The lowest BCUT2D eigenvalue weighted by atomic mass is 10.0. The lowest BCUT2D eigenvalue weighted by Crippen LogP contribution is -2.01. The van der Waals surface area contributed by atoms with Crippen molar-refractivity contribution in [2.24, 2.45) is 0 Å². The predicted octanol–water partition coefficient (Wildman–Crippen LogP) is 3.64. The summed E-state index contributed by atoms with van der Waals surface area (Å²) in [6, 6.07) is 21.8. The summed E-state index contributed by atoms with van der Waals surface area (Å²) >= 11 is 0. The summed E-state index contributed by atoms with van der Waals surface area (Å²) in [7, 11) is 0. The quantitative estimate of drug-likeness (QED) is 0.541. The van der Waals surface area contributed by atoms with Crippen molar-refractivity contribution in [1.29, 1.82) is 0 Å². The second-order valence-electron chi connectivity index (χ2n) is 5.93. The predicted molar refractivity (Wildman–Crippen MR) is 103 cm³/mol. The first-order chi connectivity index (χ1) is 11.6. The van der Waals surface area contributed by atoms with Crippen LogP contribution in [0.1, 0.15) is 16.7 Å². The van der Waals surface area contributed by atoms with Crippen LogP contribution in [0.3, 0.4) is 0 Å². The van der Waals surface area contributed by atoms with Crippen LogP contribution in [0.15, 0.2) is 66.7 Å². The lowest BCUT2D eigenvalue weighted by Gasteiger charge is -2.10. The van der Waals surface area contributed by atoms with Crippen LogP contribution in [0.4, 0.5) is 22.7 Å². The molecule has 0 unspecified atom stereocenters. The van der Waals surface area contributed by atoms with Crippen molar-refractivity contribution < 1.29 is 0 Å². The molecule has 0 heterocycles. The van der Waals surface area contributed by atoms with E-state index in [-0.39, 0.29) is 0 Å². The maximum absolute atomic E-state index is 6.04. The number of nitrogen functional groups attached to an aromatic ring is 3. The molecule has 4 heteroatoms. The minimum Gasteiger partial charge on any atom is -0.399 e. The van der Waals surface area contributed by atoms with Crippen LogP contribution < -0.4 is 22.5 Å². The first-order valence-corrected chi connectivity index (χ1v) is 7.91. The van der Waals surface area contributed by atoms with E-state index >= 15 is 0 Å². The molecule has 0 bridgehead atoms. The van der Waals surface area contributed by atoms with Crippen molar-refractivity contribution in [2.75, 3.05) is 22.5 Å². The molecule has 0 aliphatic rings. The van der Waals surface area contributed by atoms with E-state index in [0.29, 0.717) is 0 Å². The van der Waals surface area contributed by atoms with Gasteiger partial charge in [0.05, 0.1) is 0 Å². The van der Waals surface area contributed by atoms with Crippen LogP contribution in [-0.4, -0.2) is 0 Å². The molecule has 0 amide bonds. The van der Waals surface area contributed by atoms with Crippen LogP contribution in [0.25, 0.3) is 0 Å². The standard InChI is InChI=1S/C20H22N4/c21-17-4-7-19(8-5-17)24-13-15-3-1-2-14(10-15)11-16-12-18(22)6-9-20(16)23/h1-10,12,24H,11,13,21-23H2. The number of anilines is 4. The first kappa shape index (κ1) is 15.7. The molecule has 0 spiro atoms. The summed E-state index contributed by atoms with van der Waals surface area (Å²) in [4.78, 5) is 0. The minimum atomic E-state index is 0.736. The molecule has 24 heavy (non-hydrogen) atoms. The highest BCUT2D eigenvalue weighted by Crippen LogP contribution is 2.20. The zero-order chi connectivity index (χ0) is 16.9. The fourth-order valence-corrected chi connectivity index (χ4v) is 2.65. The fourth-order valence-electron chi connectivity index (χ4n) is 2.65. The first-order valence-electron chi connectivity index (χ1n) is 7.91. The van der Waals surface area contributed by atoms with E-state index in [1.165, 1.54) is 11.1 Å². The van der Waals surface area contributed by atoms with E-state index < -0.39 is 0 Å². The number of rotatable bonds is 5.